The lowest BCUT2D eigenvalue weighted by Gasteiger charge is -2.25. The Bertz CT molecular complexity index is 4350. The second kappa shape index (κ2) is 26.2. The molecule has 0 radical (unpaired) electrons. The van der Waals surface area contributed by atoms with Gasteiger partial charge < -0.3 is 14.7 Å². The predicted molar refractivity (Wildman–Crippen MR) is 365 cm³/mol. The van der Waals surface area contributed by atoms with Crippen molar-refractivity contribution in [2.75, 3.05) is 14.7 Å². The monoisotopic (exact) mass is 1160 g/mol. The fourth-order valence-corrected chi connectivity index (χ4v) is 10.6. The van der Waals surface area contributed by atoms with E-state index >= 15 is 0 Å². The number of para-hydroxylation sites is 6. The summed E-state index contributed by atoms with van der Waals surface area (Å²) >= 11 is 0. The Morgan fingerprint density at radius 2 is 0.322 bits per heavy atom. The van der Waals surface area contributed by atoms with Gasteiger partial charge in [0.2, 0.25) is 0 Å². The minimum atomic E-state index is -0.844. The van der Waals surface area contributed by atoms with Crippen LogP contribution in [0.5, 0.6) is 0 Å². The van der Waals surface area contributed by atoms with Crippen LogP contribution in [0.1, 0.15) is 33.4 Å². The molecular formula is C81H54N6O3. The van der Waals surface area contributed by atoms with E-state index in [4.69, 9.17) is 0 Å². The van der Waals surface area contributed by atoms with Crippen molar-refractivity contribution in [2.45, 2.75) is 0 Å². The average Bonchev–Trinajstić information content (AvgIpc) is 0.790. The van der Waals surface area contributed by atoms with E-state index in [2.05, 4.69) is 123 Å². The van der Waals surface area contributed by atoms with E-state index in [0.717, 1.165) is 81.6 Å². The third-order valence-electron chi connectivity index (χ3n) is 15.0. The second-order valence-electron chi connectivity index (χ2n) is 20.9. The predicted octanol–water partition coefficient (Wildman–Crippen LogP) is 16.7. The maximum absolute atomic E-state index is 14.8. The van der Waals surface area contributed by atoms with Gasteiger partial charge in [-0.05, 0) is 218 Å². The zero-order valence-corrected chi connectivity index (χ0v) is 48.6. The molecule has 0 saturated carbocycles. The van der Waals surface area contributed by atoms with Gasteiger partial charge in [0.25, 0.3) is 0 Å². The molecule has 426 valence electrons. The topological polar surface area (TPSA) is 75.7 Å². The van der Waals surface area contributed by atoms with Crippen LogP contribution in [-0.2, 0) is 0 Å². The number of benzene rings is 12. The molecule has 9 heteroatoms. The van der Waals surface area contributed by atoms with Crippen molar-refractivity contribution < 1.29 is 0 Å². The number of aromatic nitrogens is 3. The molecule has 0 saturated heterocycles. The van der Waals surface area contributed by atoms with Crippen LogP contribution in [0, 0.1) is 35.5 Å². The van der Waals surface area contributed by atoms with Crippen LogP contribution >= 0.6 is 0 Å². The molecule has 0 spiro atoms. The van der Waals surface area contributed by atoms with Crippen molar-refractivity contribution in [3.63, 3.8) is 0 Å². The molecule has 0 amide bonds. The highest BCUT2D eigenvalue weighted by molar-refractivity contribution is 5.79. The van der Waals surface area contributed by atoms with Crippen LogP contribution in [-0.4, -0.2) is 13.7 Å². The number of rotatable bonds is 12. The molecule has 0 aliphatic heterocycles. The molecule has 0 aliphatic rings. The minimum absolute atomic E-state index is 0.248. The van der Waals surface area contributed by atoms with E-state index in [1.54, 1.807) is 72.8 Å². The Balaban J connectivity index is 0.800. The van der Waals surface area contributed by atoms with Crippen LogP contribution in [0.25, 0.3) is 17.1 Å². The number of nitrogens with zero attached hydrogens (tertiary/aromatic N) is 6. The molecule has 0 atom stereocenters. The van der Waals surface area contributed by atoms with E-state index in [1.807, 2.05) is 182 Å². The highest BCUT2D eigenvalue weighted by Gasteiger charge is 2.21. The fourth-order valence-electron chi connectivity index (χ4n) is 10.6. The summed E-state index contributed by atoms with van der Waals surface area (Å²) in [7, 11) is 0. The quantitative estimate of drug-likeness (QED) is 0.113. The maximum Gasteiger partial charge on any atom is 0.345 e. The van der Waals surface area contributed by atoms with Gasteiger partial charge >= 0.3 is 17.1 Å². The minimum Gasteiger partial charge on any atom is -0.311 e. The molecule has 90 heavy (non-hydrogen) atoms. The normalized spacial score (nSPS) is 10.5. The summed E-state index contributed by atoms with van der Waals surface area (Å²) in [6, 6.07) is 106. The molecule has 0 bridgehead atoms. The Morgan fingerprint density at radius 3 is 0.489 bits per heavy atom. The van der Waals surface area contributed by atoms with E-state index in [0.29, 0.717) is 16.7 Å². The number of hydrogen-bond acceptors (Lipinski definition) is 6. The summed E-state index contributed by atoms with van der Waals surface area (Å²) in [6.07, 6.45) is 0. The number of anilines is 9. The highest BCUT2D eigenvalue weighted by atomic mass is 16.2. The molecule has 0 aliphatic carbocycles. The summed E-state index contributed by atoms with van der Waals surface area (Å²) in [4.78, 5) is 51.0. The van der Waals surface area contributed by atoms with Gasteiger partial charge in [-0.3, -0.25) is 0 Å². The maximum atomic E-state index is 14.8. The van der Waals surface area contributed by atoms with Crippen LogP contribution in [0.15, 0.2) is 342 Å². The standard InChI is InChI=1S/C81H54N6O3/c88-79-85(76-55-43-64(44-56-76)34-31-61-37-49-73(50-38-61)82(67-19-7-1-8-20-67)68-21-9-2-10-22-68)80(89)87(78-59-47-66(48-60-78)36-33-63-41-53-75(54-42-63)84(71-27-15-5-16-28-71)72-29-17-6-18-30-72)81(90)86(79)77-57-45-65(46-58-77)35-32-62-39-51-74(52-40-62)83(69-23-11-3-12-24-69)70-25-13-4-14-26-70/h1-30,37-60H. The van der Waals surface area contributed by atoms with Gasteiger partial charge in [0.05, 0.1) is 17.1 Å². The second-order valence-corrected chi connectivity index (χ2v) is 20.9. The molecule has 9 nitrogen and oxygen atoms in total. The van der Waals surface area contributed by atoms with Gasteiger partial charge in [-0.1, -0.05) is 145 Å². The Kier molecular flexibility index (Phi) is 16.4. The molecule has 1 aromatic heterocycles. The van der Waals surface area contributed by atoms with Crippen molar-refractivity contribution >= 4 is 51.2 Å². The largest absolute Gasteiger partial charge is 0.345 e. The van der Waals surface area contributed by atoms with Crippen molar-refractivity contribution in [2.24, 2.45) is 0 Å². The van der Waals surface area contributed by atoms with Crippen molar-refractivity contribution in [1.29, 1.82) is 0 Å². The highest BCUT2D eigenvalue weighted by Crippen LogP contribution is 2.37. The molecule has 1 heterocycles. The van der Waals surface area contributed by atoms with Crippen molar-refractivity contribution in [3.05, 3.63) is 392 Å². The van der Waals surface area contributed by atoms with Crippen LogP contribution in [0.4, 0.5) is 51.2 Å². The van der Waals surface area contributed by atoms with Gasteiger partial charge in [-0.25, -0.2) is 28.1 Å². The first-order chi connectivity index (χ1) is 44.4. The van der Waals surface area contributed by atoms with Gasteiger partial charge in [0.15, 0.2) is 0 Å². The smallest absolute Gasteiger partial charge is 0.311 e. The molecule has 13 aromatic rings. The summed E-state index contributed by atoms with van der Waals surface area (Å²) in [5.41, 5.74) is 11.7. The van der Waals surface area contributed by atoms with E-state index in [9.17, 15) is 14.4 Å². The molecule has 12 aromatic carbocycles. The van der Waals surface area contributed by atoms with Gasteiger partial charge in [0, 0.05) is 84.6 Å². The summed E-state index contributed by atoms with van der Waals surface area (Å²) < 4.78 is 3.01. The van der Waals surface area contributed by atoms with Gasteiger partial charge in [0.1, 0.15) is 0 Å². The van der Waals surface area contributed by atoms with Crippen molar-refractivity contribution in [1.82, 2.24) is 13.7 Å². The SMILES string of the molecule is O=c1n(-c2ccc(C#Cc3ccc(N(c4ccccc4)c4ccccc4)cc3)cc2)c(=O)n(-c2ccc(C#Cc3ccc(N(c4ccccc4)c4ccccc4)cc3)cc2)c(=O)n1-c1ccc(C#Cc2ccc(N(c3ccccc3)c3ccccc3)cc2)cc1. The molecule has 13 rings (SSSR count). The van der Waals surface area contributed by atoms with Crippen LogP contribution in [0.2, 0.25) is 0 Å². The molecule has 0 unspecified atom stereocenters. The number of hydrogen-bond donors (Lipinski definition) is 0. The summed E-state index contributed by atoms with van der Waals surface area (Å²) in [6.45, 7) is 0. The van der Waals surface area contributed by atoms with Crippen LogP contribution in [0.3, 0.4) is 0 Å². The third kappa shape index (κ3) is 12.4. The van der Waals surface area contributed by atoms with E-state index in [1.165, 1.54) is 0 Å². The lowest BCUT2D eigenvalue weighted by molar-refractivity contribution is 0.659. The van der Waals surface area contributed by atoms with E-state index in [-0.39, 0.29) is 17.1 Å². The lowest BCUT2D eigenvalue weighted by atomic mass is 10.1. The molecule has 0 N–H and O–H groups in total. The van der Waals surface area contributed by atoms with E-state index < -0.39 is 17.1 Å². The summed E-state index contributed by atoms with van der Waals surface area (Å²) in [5.74, 6) is 19.5. The first kappa shape index (κ1) is 56.3. The zero-order valence-electron chi connectivity index (χ0n) is 48.6. The molecular weight excluding hydrogens is 1100 g/mol. The molecule has 0 fully saturated rings. The fraction of sp³-hybridized carbons (Fsp3) is 0. The lowest BCUT2D eigenvalue weighted by Crippen LogP contribution is -2.52. The van der Waals surface area contributed by atoms with Gasteiger partial charge in [-0.2, -0.15) is 0 Å². The zero-order chi connectivity index (χ0) is 61.0. The Morgan fingerprint density at radius 1 is 0.178 bits per heavy atom. The average molecular weight is 1160 g/mol. The Hall–Kier alpha value is -12.9. The van der Waals surface area contributed by atoms with Gasteiger partial charge in [-0.15, -0.1) is 0 Å². The Labute approximate surface area is 521 Å². The summed E-state index contributed by atoms with van der Waals surface area (Å²) in [5, 5.41) is 0. The third-order valence-corrected chi connectivity index (χ3v) is 15.0. The van der Waals surface area contributed by atoms with Crippen molar-refractivity contribution in [3.8, 4) is 52.6 Å². The first-order valence-electron chi connectivity index (χ1n) is 29.3. The first-order valence-corrected chi connectivity index (χ1v) is 29.3. The van der Waals surface area contributed by atoms with Crippen LogP contribution < -0.4 is 31.8 Å².